The van der Waals surface area contributed by atoms with Crippen LogP contribution in [0.15, 0.2) is 4.79 Å². The van der Waals surface area contributed by atoms with Gasteiger partial charge in [0.25, 0.3) is 0 Å². The Hall–Kier alpha value is -2.22. The van der Waals surface area contributed by atoms with E-state index in [0.29, 0.717) is 49.4 Å². The molecule has 2 amide bonds. The van der Waals surface area contributed by atoms with E-state index < -0.39 is 0 Å². The average molecular weight is 402 g/mol. The molecule has 4 heterocycles. The third-order valence-electron chi connectivity index (χ3n) is 6.96. The van der Waals surface area contributed by atoms with Gasteiger partial charge in [-0.1, -0.05) is 0 Å². The Bertz CT molecular complexity index is 825. The topological polar surface area (TPSA) is 107 Å². The van der Waals surface area contributed by atoms with Crippen molar-refractivity contribution in [1.82, 2.24) is 25.5 Å². The fourth-order valence-electron chi connectivity index (χ4n) is 5.57. The molecule has 0 aliphatic carbocycles. The van der Waals surface area contributed by atoms with E-state index in [0.717, 1.165) is 43.6 Å². The van der Waals surface area contributed by atoms with Crippen molar-refractivity contribution in [2.45, 2.75) is 64.5 Å². The fourth-order valence-corrected chi connectivity index (χ4v) is 5.57. The van der Waals surface area contributed by atoms with Gasteiger partial charge in [-0.2, -0.15) is 4.98 Å². The number of H-pyrrole nitrogens is 1. The van der Waals surface area contributed by atoms with Gasteiger partial charge in [-0.3, -0.25) is 9.59 Å². The van der Waals surface area contributed by atoms with Crippen LogP contribution in [0.2, 0.25) is 0 Å². The zero-order valence-electron chi connectivity index (χ0n) is 17.3. The molecule has 4 rings (SSSR count). The van der Waals surface area contributed by atoms with Crippen molar-refractivity contribution in [3.63, 3.8) is 0 Å². The van der Waals surface area contributed by atoms with Crippen LogP contribution in [0.25, 0.3) is 0 Å². The number of rotatable bonds is 5. The quantitative estimate of drug-likeness (QED) is 0.663. The lowest BCUT2D eigenvalue weighted by molar-refractivity contribution is -0.149. The van der Waals surface area contributed by atoms with Crippen molar-refractivity contribution in [2.75, 3.05) is 19.6 Å². The van der Waals surface area contributed by atoms with E-state index in [1.165, 1.54) is 0 Å². The lowest BCUT2D eigenvalue weighted by atomic mass is 9.72. The number of piperidine rings is 3. The zero-order valence-corrected chi connectivity index (χ0v) is 17.3. The molecular formula is C21H31N5O3. The van der Waals surface area contributed by atoms with Crippen LogP contribution in [0.4, 0.5) is 0 Å². The molecule has 0 aromatic carbocycles. The molecule has 1 aromatic heterocycles. The van der Waals surface area contributed by atoms with Crippen molar-refractivity contribution in [1.29, 1.82) is 0 Å². The highest BCUT2D eigenvalue weighted by molar-refractivity contribution is 5.79. The SMILES string of the molecule is Cc1nc(=O)[nH]c(C)c1CCC(=O)NC[C@H]1[C@@H]2CNC[C@@H](C2)[C@@H]2CCCC(=O)N21. The van der Waals surface area contributed by atoms with Crippen LogP contribution in [0.3, 0.4) is 0 Å². The number of aromatic amines is 1. The molecule has 0 spiro atoms. The van der Waals surface area contributed by atoms with Gasteiger partial charge in [-0.05, 0) is 63.5 Å². The predicted molar refractivity (Wildman–Crippen MR) is 108 cm³/mol. The van der Waals surface area contributed by atoms with Crippen molar-refractivity contribution < 1.29 is 9.59 Å². The van der Waals surface area contributed by atoms with Crippen molar-refractivity contribution >= 4 is 11.8 Å². The van der Waals surface area contributed by atoms with E-state index in [9.17, 15) is 14.4 Å². The molecule has 4 atom stereocenters. The maximum atomic E-state index is 12.7. The summed E-state index contributed by atoms with van der Waals surface area (Å²) in [6, 6.07) is 0.402. The summed E-state index contributed by atoms with van der Waals surface area (Å²) < 4.78 is 0. The number of hydrogen-bond acceptors (Lipinski definition) is 5. The lowest BCUT2D eigenvalue weighted by Gasteiger charge is -2.54. The van der Waals surface area contributed by atoms with Crippen LogP contribution in [0.5, 0.6) is 0 Å². The summed E-state index contributed by atoms with van der Waals surface area (Å²) in [7, 11) is 0. The number of aryl methyl sites for hydroxylation is 2. The number of carbonyl (C=O) groups is 2. The molecule has 158 valence electrons. The molecule has 0 unspecified atom stereocenters. The first-order valence-electron chi connectivity index (χ1n) is 10.8. The Kier molecular flexibility index (Phi) is 5.72. The monoisotopic (exact) mass is 401 g/mol. The van der Waals surface area contributed by atoms with Crippen LogP contribution in [-0.2, 0) is 16.0 Å². The van der Waals surface area contributed by atoms with Crippen LogP contribution < -0.4 is 16.3 Å². The van der Waals surface area contributed by atoms with Gasteiger partial charge in [0.1, 0.15) is 0 Å². The Balaban J connectivity index is 1.38. The summed E-state index contributed by atoms with van der Waals surface area (Å²) in [5.74, 6) is 1.17. The van der Waals surface area contributed by atoms with Crippen LogP contribution in [0, 0.1) is 25.7 Å². The number of hydrogen-bond donors (Lipinski definition) is 3. The highest BCUT2D eigenvalue weighted by atomic mass is 16.2. The number of nitrogens with zero attached hydrogens (tertiary/aromatic N) is 2. The van der Waals surface area contributed by atoms with E-state index in [-0.39, 0.29) is 23.5 Å². The second kappa shape index (κ2) is 8.26. The summed E-state index contributed by atoms with van der Waals surface area (Å²) >= 11 is 0. The number of fused-ring (bicyclic) bond motifs is 4. The minimum atomic E-state index is -0.356. The summed E-state index contributed by atoms with van der Waals surface area (Å²) in [4.78, 5) is 45.4. The molecule has 1 aromatic rings. The van der Waals surface area contributed by atoms with Gasteiger partial charge in [-0.15, -0.1) is 0 Å². The Morgan fingerprint density at radius 1 is 1.24 bits per heavy atom. The van der Waals surface area contributed by atoms with Gasteiger partial charge in [0.05, 0.1) is 6.04 Å². The Labute approximate surface area is 170 Å². The standard InChI is InChI=1S/C21H31N5O3/c1-12-16(13(2)25-21(29)24-12)6-7-19(27)23-11-18-15-8-14(9-22-10-15)17-4-3-5-20(28)26(17)18/h14-15,17-18,22H,3-11H2,1-2H3,(H,23,27)(H,24,25,29)/t14-,15+,17+,18+/m1/s1. The minimum absolute atomic E-state index is 0.0260. The number of aromatic nitrogens is 2. The minimum Gasteiger partial charge on any atom is -0.354 e. The lowest BCUT2D eigenvalue weighted by Crippen LogP contribution is -2.66. The van der Waals surface area contributed by atoms with Crippen LogP contribution >= 0.6 is 0 Å². The molecule has 8 nitrogen and oxygen atoms in total. The smallest absolute Gasteiger partial charge is 0.345 e. The molecule has 3 saturated heterocycles. The Morgan fingerprint density at radius 3 is 2.83 bits per heavy atom. The van der Waals surface area contributed by atoms with Crippen molar-refractivity contribution in [3.8, 4) is 0 Å². The summed E-state index contributed by atoms with van der Waals surface area (Å²) in [6.45, 7) is 6.05. The predicted octanol–water partition coefficient (Wildman–Crippen LogP) is 0.425. The number of nitrogens with one attached hydrogen (secondary N) is 3. The molecule has 3 fully saturated rings. The van der Waals surface area contributed by atoms with E-state index in [4.69, 9.17) is 0 Å². The van der Waals surface area contributed by atoms with E-state index >= 15 is 0 Å². The first kappa shape index (κ1) is 20.1. The van der Waals surface area contributed by atoms with Gasteiger partial charge < -0.3 is 20.5 Å². The van der Waals surface area contributed by atoms with Crippen molar-refractivity contribution in [2.24, 2.45) is 11.8 Å². The van der Waals surface area contributed by atoms with Crippen LogP contribution in [-0.4, -0.2) is 58.4 Å². The zero-order chi connectivity index (χ0) is 20.5. The third kappa shape index (κ3) is 4.08. The molecule has 3 aliphatic rings. The molecule has 3 aliphatic heterocycles. The highest BCUT2D eigenvalue weighted by Gasteiger charge is 2.47. The second-order valence-corrected chi connectivity index (χ2v) is 8.78. The molecule has 2 bridgehead atoms. The van der Waals surface area contributed by atoms with E-state index in [1.807, 2.05) is 6.92 Å². The number of amides is 2. The van der Waals surface area contributed by atoms with E-state index in [1.54, 1.807) is 6.92 Å². The summed E-state index contributed by atoms with van der Waals surface area (Å²) in [5.41, 5.74) is 2.00. The first-order valence-corrected chi connectivity index (χ1v) is 10.8. The second-order valence-electron chi connectivity index (χ2n) is 8.78. The molecule has 3 N–H and O–H groups in total. The molecule has 0 radical (unpaired) electrons. The van der Waals surface area contributed by atoms with Gasteiger partial charge >= 0.3 is 5.69 Å². The number of carbonyl (C=O) groups excluding carboxylic acids is 2. The molecule has 29 heavy (non-hydrogen) atoms. The highest BCUT2D eigenvalue weighted by Crippen LogP contribution is 2.39. The first-order chi connectivity index (χ1) is 13.9. The van der Waals surface area contributed by atoms with Crippen molar-refractivity contribution in [3.05, 3.63) is 27.4 Å². The maximum absolute atomic E-state index is 12.7. The van der Waals surface area contributed by atoms with Gasteiger partial charge in [-0.25, -0.2) is 4.79 Å². The van der Waals surface area contributed by atoms with Gasteiger partial charge in [0, 0.05) is 43.4 Å². The van der Waals surface area contributed by atoms with E-state index in [2.05, 4.69) is 25.5 Å². The van der Waals surface area contributed by atoms with Crippen LogP contribution in [0.1, 0.15) is 49.1 Å². The largest absolute Gasteiger partial charge is 0.354 e. The maximum Gasteiger partial charge on any atom is 0.345 e. The fraction of sp³-hybridized carbons (Fsp3) is 0.714. The Morgan fingerprint density at radius 2 is 2.03 bits per heavy atom. The summed E-state index contributed by atoms with van der Waals surface area (Å²) in [6.07, 6.45) is 4.70. The normalized spacial score (nSPS) is 28.8. The van der Waals surface area contributed by atoms with Gasteiger partial charge in [0.2, 0.25) is 11.8 Å². The third-order valence-corrected chi connectivity index (χ3v) is 6.96. The van der Waals surface area contributed by atoms with Gasteiger partial charge in [0.15, 0.2) is 0 Å². The molecule has 8 heteroatoms. The average Bonchev–Trinajstić information content (AvgIpc) is 2.68. The molecule has 0 saturated carbocycles. The molecular weight excluding hydrogens is 370 g/mol. The summed E-state index contributed by atoms with van der Waals surface area (Å²) in [5, 5.41) is 6.61.